The van der Waals surface area contributed by atoms with E-state index in [9.17, 15) is 14.0 Å². The van der Waals surface area contributed by atoms with Crippen molar-refractivity contribution in [3.05, 3.63) is 47.8 Å². The van der Waals surface area contributed by atoms with Crippen LogP contribution in [0.4, 0.5) is 4.39 Å². The van der Waals surface area contributed by atoms with Gasteiger partial charge in [-0.05, 0) is 43.5 Å². The van der Waals surface area contributed by atoms with Gasteiger partial charge in [-0.1, -0.05) is 12.1 Å². The lowest BCUT2D eigenvalue weighted by Crippen LogP contribution is -2.54. The maximum atomic E-state index is 14.5. The second kappa shape index (κ2) is 11.5. The van der Waals surface area contributed by atoms with Gasteiger partial charge in [0, 0.05) is 49.4 Å². The van der Waals surface area contributed by atoms with Crippen LogP contribution in [0.15, 0.2) is 51.4 Å². The number of aliphatic imine (C=N–C) groups is 3. The molecule has 2 saturated heterocycles. The van der Waals surface area contributed by atoms with Gasteiger partial charge in [-0.15, -0.1) is 0 Å². The van der Waals surface area contributed by atoms with E-state index in [-0.39, 0.29) is 42.4 Å². The first kappa shape index (κ1) is 27.8. The Bertz CT molecular complexity index is 1490. The molecule has 13 heteroatoms. The molecule has 12 nitrogen and oxygen atoms in total. The second-order valence-corrected chi connectivity index (χ2v) is 10.9. The Kier molecular flexibility index (Phi) is 7.58. The summed E-state index contributed by atoms with van der Waals surface area (Å²) in [6, 6.07) is 9.18. The molecule has 4 aliphatic rings. The van der Waals surface area contributed by atoms with Gasteiger partial charge >= 0.3 is 0 Å². The highest BCUT2D eigenvalue weighted by Gasteiger charge is 2.40. The minimum atomic E-state index is -0.438. The molecule has 0 radical (unpaired) electrons. The Labute approximate surface area is 242 Å². The van der Waals surface area contributed by atoms with Crippen molar-refractivity contribution < 1.29 is 23.6 Å². The first-order valence-electron chi connectivity index (χ1n) is 14.0. The minimum Gasteiger partial charge on any atom is -0.481 e. The number of rotatable bonds is 6. The van der Waals surface area contributed by atoms with Crippen molar-refractivity contribution in [3.63, 3.8) is 0 Å². The molecule has 1 aromatic carbocycles. The molecule has 0 spiro atoms. The van der Waals surface area contributed by atoms with Crippen molar-refractivity contribution in [1.82, 2.24) is 20.3 Å². The Morgan fingerprint density at radius 1 is 1.21 bits per heavy atom. The molecule has 0 saturated carbocycles. The molecule has 2 fully saturated rings. The number of nitrogens with two attached hydrogens (primary N) is 1. The zero-order valence-electron chi connectivity index (χ0n) is 23.5. The number of nitrogens with zero attached hydrogens (tertiary/aromatic N) is 6. The van der Waals surface area contributed by atoms with E-state index in [1.54, 1.807) is 29.2 Å². The third-order valence-corrected chi connectivity index (χ3v) is 8.28. The number of nitrogens with one attached hydrogen (secondary N) is 1. The lowest BCUT2D eigenvalue weighted by molar-refractivity contribution is -0.143. The van der Waals surface area contributed by atoms with Crippen LogP contribution in [0.2, 0.25) is 0 Å². The number of hydroxylamine groups is 1. The number of pyridine rings is 1. The number of amides is 2. The quantitative estimate of drug-likeness (QED) is 0.499. The number of fused-ring (bicyclic) bond motifs is 2. The number of piperazine rings is 1. The van der Waals surface area contributed by atoms with Crippen molar-refractivity contribution in [3.8, 4) is 17.1 Å². The Morgan fingerprint density at radius 3 is 2.90 bits per heavy atom. The average molecular weight is 577 g/mol. The summed E-state index contributed by atoms with van der Waals surface area (Å²) in [6.45, 7) is 3.17. The fourth-order valence-corrected chi connectivity index (χ4v) is 6.26. The van der Waals surface area contributed by atoms with E-state index in [1.165, 1.54) is 19.2 Å². The standard InChI is InChI=1S/C29H33FN8O4/c1-16-27-23(35-29(31)32-16)13-22(19-8-6-17(30)12-20(19)21-4-3-5-24(33-21)41-2)34-28(27)36-42-15-26(40)37-10-11-38-18(14-37)7-9-25(38)39/h3-6,8,12,18,22-23,27H,7,9-11,13-15H2,1-2H3,(H2,31,35)(H,34,36)/t18?,22?,23-,27?/m1/s1. The highest BCUT2D eigenvalue weighted by atomic mass is 19.1. The van der Waals surface area contributed by atoms with Gasteiger partial charge in [0.15, 0.2) is 6.61 Å². The predicted molar refractivity (Wildman–Crippen MR) is 153 cm³/mol. The maximum absolute atomic E-state index is 14.5. The molecule has 3 N–H and O–H groups in total. The summed E-state index contributed by atoms with van der Waals surface area (Å²) in [5.74, 6) is 0.311. The Balaban J connectivity index is 1.23. The molecule has 2 aromatic rings. The summed E-state index contributed by atoms with van der Waals surface area (Å²) < 4.78 is 19.8. The molecule has 42 heavy (non-hydrogen) atoms. The number of hydrogen-bond acceptors (Lipinski definition) is 10. The number of halogens is 1. The van der Waals surface area contributed by atoms with Crippen molar-refractivity contribution in [2.45, 2.75) is 44.3 Å². The number of ether oxygens (including phenoxy) is 1. The third kappa shape index (κ3) is 5.43. The van der Waals surface area contributed by atoms with Crippen molar-refractivity contribution >= 4 is 29.3 Å². The Morgan fingerprint density at radius 2 is 2.07 bits per heavy atom. The van der Waals surface area contributed by atoms with E-state index in [0.29, 0.717) is 55.4 Å². The summed E-state index contributed by atoms with van der Waals surface area (Å²) in [4.78, 5) is 52.7. The molecule has 1 aromatic heterocycles. The number of carbonyl (C=O) groups is 2. The topological polar surface area (TPSA) is 147 Å². The lowest BCUT2D eigenvalue weighted by atomic mass is 9.82. The normalized spacial score (nSPS) is 25.2. The van der Waals surface area contributed by atoms with Gasteiger partial charge in [-0.3, -0.25) is 24.9 Å². The number of carbonyl (C=O) groups excluding carboxylic acids is 2. The Hall–Kier alpha value is -4.39. The average Bonchev–Trinajstić information content (AvgIpc) is 3.36. The molecular weight excluding hydrogens is 543 g/mol. The van der Waals surface area contributed by atoms with E-state index in [2.05, 4.69) is 20.4 Å². The summed E-state index contributed by atoms with van der Waals surface area (Å²) in [6.07, 6.45) is 1.79. The van der Waals surface area contributed by atoms with E-state index in [4.69, 9.17) is 20.3 Å². The number of guanidine groups is 1. The van der Waals surface area contributed by atoms with Crippen LogP contribution in [0.1, 0.15) is 37.8 Å². The smallest absolute Gasteiger partial charge is 0.251 e. The highest BCUT2D eigenvalue weighted by molar-refractivity contribution is 6.11. The van der Waals surface area contributed by atoms with Gasteiger partial charge in [-0.2, -0.15) is 0 Å². The van der Waals surface area contributed by atoms with Crippen LogP contribution < -0.4 is 16.0 Å². The van der Waals surface area contributed by atoms with Gasteiger partial charge in [0.1, 0.15) is 11.7 Å². The number of methoxy groups -OCH3 is 1. The predicted octanol–water partition coefficient (Wildman–Crippen LogP) is 1.87. The van der Waals surface area contributed by atoms with E-state index in [1.807, 2.05) is 11.8 Å². The van der Waals surface area contributed by atoms with Gasteiger partial charge in [-0.25, -0.2) is 19.4 Å². The monoisotopic (exact) mass is 576 g/mol. The lowest BCUT2D eigenvalue weighted by Gasteiger charge is -2.37. The zero-order valence-corrected chi connectivity index (χ0v) is 23.5. The number of aromatic nitrogens is 1. The van der Waals surface area contributed by atoms with E-state index in [0.717, 1.165) is 17.7 Å². The summed E-state index contributed by atoms with van der Waals surface area (Å²) in [5, 5.41) is 0. The maximum Gasteiger partial charge on any atom is 0.251 e. The summed E-state index contributed by atoms with van der Waals surface area (Å²) in [7, 11) is 1.53. The largest absolute Gasteiger partial charge is 0.481 e. The highest BCUT2D eigenvalue weighted by Crippen LogP contribution is 2.39. The molecule has 220 valence electrons. The molecule has 0 bridgehead atoms. The molecule has 0 aliphatic carbocycles. The summed E-state index contributed by atoms with van der Waals surface area (Å²) >= 11 is 0. The van der Waals surface area contributed by atoms with Crippen LogP contribution in [0, 0.1) is 11.7 Å². The number of hydrogen-bond donors (Lipinski definition) is 2. The van der Waals surface area contributed by atoms with Crippen LogP contribution in [-0.4, -0.2) is 89.5 Å². The number of amidine groups is 1. The number of benzene rings is 1. The first-order valence-corrected chi connectivity index (χ1v) is 14.0. The molecule has 3 unspecified atom stereocenters. The fourth-order valence-electron chi connectivity index (χ4n) is 6.26. The van der Waals surface area contributed by atoms with Crippen LogP contribution in [0.3, 0.4) is 0 Å². The van der Waals surface area contributed by atoms with Crippen LogP contribution >= 0.6 is 0 Å². The third-order valence-electron chi connectivity index (χ3n) is 8.28. The van der Waals surface area contributed by atoms with Gasteiger partial charge in [0.2, 0.25) is 17.7 Å². The minimum absolute atomic E-state index is 0.0702. The van der Waals surface area contributed by atoms with Gasteiger partial charge < -0.3 is 20.3 Å². The molecular formula is C29H33FN8O4. The van der Waals surface area contributed by atoms with Crippen LogP contribution in [0.5, 0.6) is 5.88 Å². The molecule has 6 rings (SSSR count). The molecule has 4 aliphatic heterocycles. The van der Waals surface area contributed by atoms with Gasteiger partial charge in [0.05, 0.1) is 30.8 Å². The van der Waals surface area contributed by atoms with E-state index >= 15 is 0 Å². The SMILES string of the molecule is COc1cccc(-c2cc(F)ccc2C2C[C@H]3N=C(N)N=C(C)C3C(NOCC(=O)N3CCN4C(=O)CCC4C3)=N2)n1. The van der Waals surface area contributed by atoms with Crippen molar-refractivity contribution in [2.75, 3.05) is 33.4 Å². The summed E-state index contributed by atoms with van der Waals surface area (Å²) in [5.41, 5.74) is 11.5. The molecule has 4 atom stereocenters. The van der Waals surface area contributed by atoms with Crippen molar-refractivity contribution in [2.24, 2.45) is 26.6 Å². The molecule has 5 heterocycles. The van der Waals surface area contributed by atoms with Crippen LogP contribution in [-0.2, 0) is 14.4 Å². The van der Waals surface area contributed by atoms with Crippen LogP contribution in [0.25, 0.3) is 11.3 Å². The van der Waals surface area contributed by atoms with Crippen molar-refractivity contribution in [1.29, 1.82) is 0 Å². The fraction of sp³-hybridized carbons (Fsp3) is 0.448. The second-order valence-electron chi connectivity index (χ2n) is 10.9. The molecule has 2 amide bonds. The first-order chi connectivity index (χ1) is 20.3. The zero-order chi connectivity index (χ0) is 29.4. The van der Waals surface area contributed by atoms with E-state index < -0.39 is 11.9 Å². The van der Waals surface area contributed by atoms with Gasteiger partial charge in [0.25, 0.3) is 5.91 Å².